The second-order valence-electron chi connectivity index (χ2n) is 6.67. The summed E-state index contributed by atoms with van der Waals surface area (Å²) in [4.78, 5) is 18.1. The van der Waals surface area contributed by atoms with Crippen molar-refractivity contribution in [3.05, 3.63) is 6.33 Å². The second kappa shape index (κ2) is 6.07. The number of hydrogen-bond donors (Lipinski definition) is 0. The lowest BCUT2D eigenvalue weighted by Crippen LogP contribution is -2.61. The second-order valence-corrected chi connectivity index (χ2v) is 6.67. The van der Waals surface area contributed by atoms with E-state index in [1.165, 1.54) is 0 Å². The van der Waals surface area contributed by atoms with Crippen LogP contribution in [0.25, 0.3) is 0 Å². The predicted molar refractivity (Wildman–Crippen MR) is 83.2 cm³/mol. The molecule has 9 nitrogen and oxygen atoms in total. The zero-order valence-corrected chi connectivity index (χ0v) is 13.4. The van der Waals surface area contributed by atoms with Gasteiger partial charge >= 0.3 is 0 Å². The van der Waals surface area contributed by atoms with Crippen LogP contribution in [0.15, 0.2) is 6.33 Å². The molecule has 0 atom stereocenters. The van der Waals surface area contributed by atoms with Gasteiger partial charge in [-0.3, -0.25) is 0 Å². The van der Waals surface area contributed by atoms with Crippen molar-refractivity contribution in [3.8, 4) is 0 Å². The van der Waals surface area contributed by atoms with Gasteiger partial charge < -0.3 is 28.7 Å². The summed E-state index contributed by atoms with van der Waals surface area (Å²) in [5.74, 6) is 1.43. The van der Waals surface area contributed by atoms with E-state index in [1.807, 2.05) is 0 Å². The predicted octanol–water partition coefficient (Wildman–Crippen LogP) is -0.920. The maximum absolute atomic E-state index is 5.66. The molecular weight excluding hydrogens is 314 g/mol. The average Bonchev–Trinajstić information content (AvgIpc) is 2.60. The molecule has 0 N–H and O–H groups in total. The lowest BCUT2D eigenvalue weighted by Gasteiger charge is -2.46. The van der Waals surface area contributed by atoms with Crippen LogP contribution in [0.2, 0.25) is 0 Å². The van der Waals surface area contributed by atoms with E-state index >= 15 is 0 Å². The summed E-state index contributed by atoms with van der Waals surface area (Å²) in [7, 11) is 0. The molecule has 0 spiro atoms. The number of fused-ring (bicyclic) bond motifs is 4. The first-order valence-corrected chi connectivity index (χ1v) is 8.47. The smallest absolute Gasteiger partial charge is 0.230 e. The number of rotatable bonds is 2. The molecule has 5 rings (SSSR count). The number of nitrogens with zero attached hydrogens (tertiary/aromatic N) is 5. The van der Waals surface area contributed by atoms with E-state index in [9.17, 15) is 0 Å². The summed E-state index contributed by atoms with van der Waals surface area (Å²) in [6, 6.07) is 0.668. The molecule has 0 aliphatic carbocycles. The van der Waals surface area contributed by atoms with Crippen molar-refractivity contribution in [1.82, 2.24) is 15.0 Å². The van der Waals surface area contributed by atoms with E-state index in [0.717, 1.165) is 0 Å². The van der Waals surface area contributed by atoms with Crippen LogP contribution in [-0.4, -0.2) is 92.0 Å². The Morgan fingerprint density at radius 1 is 0.625 bits per heavy atom. The van der Waals surface area contributed by atoms with Crippen molar-refractivity contribution in [2.45, 2.75) is 24.2 Å². The van der Waals surface area contributed by atoms with Crippen LogP contribution >= 0.6 is 0 Å². The van der Waals surface area contributed by atoms with Crippen molar-refractivity contribution in [3.63, 3.8) is 0 Å². The van der Waals surface area contributed by atoms with Crippen molar-refractivity contribution >= 4 is 11.9 Å². The molecule has 4 aliphatic heterocycles. The lowest BCUT2D eigenvalue weighted by atomic mass is 10.1. The Kier molecular flexibility index (Phi) is 3.73. The van der Waals surface area contributed by atoms with Crippen LogP contribution in [0, 0.1) is 0 Å². The Morgan fingerprint density at radius 2 is 0.958 bits per heavy atom. The first kappa shape index (κ1) is 14.8. The molecule has 9 heteroatoms. The molecule has 0 aromatic carbocycles. The summed E-state index contributed by atoms with van der Waals surface area (Å²) in [5, 5.41) is 0. The highest BCUT2D eigenvalue weighted by Crippen LogP contribution is 2.28. The Balaban J connectivity index is 1.46. The summed E-state index contributed by atoms with van der Waals surface area (Å²) in [5.41, 5.74) is 0. The molecule has 130 valence electrons. The highest BCUT2D eigenvalue weighted by atomic mass is 16.5. The van der Waals surface area contributed by atoms with Crippen LogP contribution in [-0.2, 0) is 18.9 Å². The topological polar surface area (TPSA) is 82.1 Å². The fraction of sp³-hybridized carbons (Fsp3) is 0.800. The minimum Gasteiger partial charge on any atom is -0.377 e. The van der Waals surface area contributed by atoms with Crippen LogP contribution in [0.1, 0.15) is 0 Å². The third-order valence-electron chi connectivity index (χ3n) is 5.06. The van der Waals surface area contributed by atoms with Gasteiger partial charge in [-0.25, -0.2) is 9.97 Å². The molecule has 0 saturated carbocycles. The molecule has 1 aromatic rings. The molecule has 0 unspecified atom stereocenters. The molecule has 4 aliphatic rings. The third-order valence-corrected chi connectivity index (χ3v) is 5.06. The van der Waals surface area contributed by atoms with Gasteiger partial charge in [0, 0.05) is 0 Å². The molecule has 4 bridgehead atoms. The minimum atomic E-state index is 0.167. The first-order valence-electron chi connectivity index (χ1n) is 8.47. The van der Waals surface area contributed by atoms with Crippen LogP contribution in [0.3, 0.4) is 0 Å². The summed E-state index contributed by atoms with van der Waals surface area (Å²) >= 11 is 0. The monoisotopic (exact) mass is 335 g/mol. The van der Waals surface area contributed by atoms with Crippen molar-refractivity contribution in [2.75, 3.05) is 62.7 Å². The maximum atomic E-state index is 5.66. The van der Waals surface area contributed by atoms with Crippen molar-refractivity contribution in [1.29, 1.82) is 0 Å². The van der Waals surface area contributed by atoms with E-state index < -0.39 is 0 Å². The van der Waals surface area contributed by atoms with Crippen molar-refractivity contribution in [2.24, 2.45) is 0 Å². The van der Waals surface area contributed by atoms with Gasteiger partial charge in [0.15, 0.2) is 0 Å². The van der Waals surface area contributed by atoms with E-state index in [-0.39, 0.29) is 24.2 Å². The van der Waals surface area contributed by atoms with E-state index in [0.29, 0.717) is 64.8 Å². The Morgan fingerprint density at radius 3 is 1.29 bits per heavy atom. The van der Waals surface area contributed by atoms with E-state index in [4.69, 9.17) is 23.9 Å². The van der Waals surface area contributed by atoms with E-state index in [1.54, 1.807) is 6.33 Å². The number of hydrogen-bond acceptors (Lipinski definition) is 9. The zero-order valence-electron chi connectivity index (χ0n) is 13.4. The van der Waals surface area contributed by atoms with E-state index in [2.05, 4.69) is 19.8 Å². The Bertz CT molecular complexity index is 514. The van der Waals surface area contributed by atoms with Gasteiger partial charge in [-0.1, -0.05) is 0 Å². The number of ether oxygens (including phenoxy) is 4. The van der Waals surface area contributed by atoms with Crippen molar-refractivity contribution < 1.29 is 18.9 Å². The fourth-order valence-electron chi connectivity index (χ4n) is 3.97. The highest BCUT2D eigenvalue weighted by molar-refractivity contribution is 5.43. The molecule has 4 fully saturated rings. The quantitative estimate of drug-likeness (QED) is 0.681. The Hall–Kier alpha value is -1.55. The molecule has 5 heterocycles. The number of aromatic nitrogens is 3. The van der Waals surface area contributed by atoms with Crippen LogP contribution in [0.4, 0.5) is 11.9 Å². The van der Waals surface area contributed by atoms with Crippen LogP contribution < -0.4 is 9.80 Å². The van der Waals surface area contributed by atoms with Gasteiger partial charge in [0.25, 0.3) is 0 Å². The zero-order chi connectivity index (χ0) is 15.9. The number of anilines is 2. The SMILES string of the molecule is c1nc(N2C3COCC2COC3)nc(N2C3COCC2COC3)n1. The average molecular weight is 335 g/mol. The molecule has 0 radical (unpaired) electrons. The summed E-state index contributed by atoms with van der Waals surface area (Å²) < 4.78 is 22.6. The van der Waals surface area contributed by atoms with Gasteiger partial charge in [0.2, 0.25) is 11.9 Å². The molecule has 0 amide bonds. The third kappa shape index (κ3) is 2.43. The maximum Gasteiger partial charge on any atom is 0.230 e. The largest absolute Gasteiger partial charge is 0.377 e. The number of morpholine rings is 4. The summed E-state index contributed by atoms with van der Waals surface area (Å²) in [6.45, 7) is 5.18. The highest BCUT2D eigenvalue weighted by Gasteiger charge is 2.40. The van der Waals surface area contributed by atoms with Gasteiger partial charge in [-0.2, -0.15) is 4.98 Å². The molecule has 4 saturated heterocycles. The van der Waals surface area contributed by atoms with Gasteiger partial charge in [0.1, 0.15) is 6.33 Å². The summed E-state index contributed by atoms with van der Waals surface area (Å²) in [6.07, 6.45) is 1.61. The molecule has 24 heavy (non-hydrogen) atoms. The lowest BCUT2D eigenvalue weighted by molar-refractivity contribution is -0.0367. The fourth-order valence-corrected chi connectivity index (χ4v) is 3.97. The van der Waals surface area contributed by atoms with Crippen LogP contribution in [0.5, 0.6) is 0 Å². The molecular formula is C15H21N5O4. The van der Waals surface area contributed by atoms with Gasteiger partial charge in [-0.05, 0) is 0 Å². The van der Waals surface area contributed by atoms with Gasteiger partial charge in [0.05, 0.1) is 77.0 Å². The Labute approximate surface area is 139 Å². The molecule has 1 aromatic heterocycles. The first-order chi connectivity index (χ1) is 11.9. The standard InChI is InChI=1S/C15H21N5O4/c1-10-2-22-4-11(3-21-1)19(10)14-16-9-17-15(18-14)20-12-5-23-7-13(20)8-24-6-12/h9-13H,1-8H2. The normalized spacial score (nSPS) is 35.8. The van der Waals surface area contributed by atoms with Gasteiger partial charge in [-0.15, -0.1) is 0 Å². The minimum absolute atomic E-state index is 0.167.